The van der Waals surface area contributed by atoms with Gasteiger partial charge in [0.1, 0.15) is 0 Å². The molecular weight excluding hydrogens is 224 g/mol. The highest BCUT2D eigenvalue weighted by molar-refractivity contribution is 5.97. The molecule has 0 bridgehead atoms. The molecule has 0 aliphatic heterocycles. The van der Waals surface area contributed by atoms with Crippen LogP contribution in [0.3, 0.4) is 0 Å². The van der Waals surface area contributed by atoms with E-state index in [2.05, 4.69) is 17.5 Å². The van der Waals surface area contributed by atoms with Crippen LogP contribution in [0.4, 0.5) is 0 Å². The minimum absolute atomic E-state index is 0.113. The maximum absolute atomic E-state index is 12.0. The normalized spacial score (nSPS) is 21.9. The Bertz CT molecular complexity index is 465. The topological polar surface area (TPSA) is 41.5 Å². The van der Waals surface area contributed by atoms with Crippen molar-refractivity contribution in [1.82, 2.24) is 5.43 Å². The molecule has 2 rings (SSSR count). The molecular formula is C15H20N2O. The Hall–Kier alpha value is -1.64. The van der Waals surface area contributed by atoms with Crippen LogP contribution in [0.1, 0.15) is 48.5 Å². The first kappa shape index (κ1) is 12.8. The molecule has 1 N–H and O–H groups in total. The third-order valence-electron chi connectivity index (χ3n) is 3.58. The van der Waals surface area contributed by atoms with Gasteiger partial charge in [-0.05, 0) is 43.7 Å². The average molecular weight is 244 g/mol. The van der Waals surface area contributed by atoms with Crippen LogP contribution >= 0.6 is 0 Å². The quantitative estimate of drug-likeness (QED) is 0.797. The number of benzene rings is 1. The highest BCUT2D eigenvalue weighted by atomic mass is 16.2. The fraction of sp³-hybridized carbons (Fsp3) is 0.467. The molecule has 96 valence electrons. The molecule has 0 unspecified atom stereocenters. The van der Waals surface area contributed by atoms with E-state index in [9.17, 15) is 4.79 Å². The van der Waals surface area contributed by atoms with E-state index in [1.165, 1.54) is 19.3 Å². The Labute approximate surface area is 108 Å². The number of carbonyl (C=O) groups is 1. The molecule has 3 heteroatoms. The molecule has 3 nitrogen and oxygen atoms in total. The van der Waals surface area contributed by atoms with E-state index in [-0.39, 0.29) is 5.91 Å². The third-order valence-corrected chi connectivity index (χ3v) is 3.58. The van der Waals surface area contributed by atoms with E-state index in [1.807, 2.05) is 31.2 Å². The van der Waals surface area contributed by atoms with Crippen molar-refractivity contribution in [3.8, 4) is 0 Å². The van der Waals surface area contributed by atoms with E-state index in [1.54, 1.807) is 0 Å². The monoisotopic (exact) mass is 244 g/mol. The summed E-state index contributed by atoms with van der Waals surface area (Å²) >= 11 is 0. The van der Waals surface area contributed by atoms with E-state index in [0.29, 0.717) is 11.5 Å². The SMILES string of the molecule is Cc1ccccc1C(=O)N/N=C1/CCCC[C@H]1C. The first-order valence-electron chi connectivity index (χ1n) is 6.61. The predicted molar refractivity (Wildman–Crippen MR) is 73.7 cm³/mol. The van der Waals surface area contributed by atoms with Gasteiger partial charge >= 0.3 is 0 Å². The first-order valence-corrected chi connectivity index (χ1v) is 6.61. The number of hydrogen-bond donors (Lipinski definition) is 1. The molecule has 0 radical (unpaired) electrons. The Balaban J connectivity index is 2.04. The summed E-state index contributed by atoms with van der Waals surface area (Å²) in [5.41, 5.74) is 5.49. The third kappa shape index (κ3) is 2.97. The van der Waals surface area contributed by atoms with E-state index in [4.69, 9.17) is 0 Å². The Morgan fingerprint density at radius 1 is 1.33 bits per heavy atom. The van der Waals surface area contributed by atoms with Crippen LogP contribution in [0, 0.1) is 12.8 Å². The van der Waals surface area contributed by atoms with Crippen molar-refractivity contribution in [2.24, 2.45) is 11.0 Å². The lowest BCUT2D eigenvalue weighted by molar-refractivity contribution is 0.0954. The van der Waals surface area contributed by atoms with Gasteiger partial charge in [0.15, 0.2) is 0 Å². The minimum atomic E-state index is -0.113. The van der Waals surface area contributed by atoms with E-state index < -0.39 is 0 Å². The Morgan fingerprint density at radius 2 is 2.11 bits per heavy atom. The van der Waals surface area contributed by atoms with Gasteiger partial charge in [-0.1, -0.05) is 31.5 Å². The van der Waals surface area contributed by atoms with Crippen molar-refractivity contribution >= 4 is 11.6 Å². The smallest absolute Gasteiger partial charge is 0.267 e. The van der Waals surface area contributed by atoms with Gasteiger partial charge < -0.3 is 0 Å². The lowest BCUT2D eigenvalue weighted by Crippen LogP contribution is -2.24. The maximum Gasteiger partial charge on any atom is 0.271 e. The van der Waals surface area contributed by atoms with Crippen LogP contribution < -0.4 is 5.43 Å². The summed E-state index contributed by atoms with van der Waals surface area (Å²) in [5, 5.41) is 4.30. The lowest BCUT2D eigenvalue weighted by Gasteiger charge is -2.19. The van der Waals surface area contributed by atoms with Crippen LogP contribution in [0.5, 0.6) is 0 Å². The molecule has 1 fully saturated rings. The summed E-state index contributed by atoms with van der Waals surface area (Å²) in [5.74, 6) is 0.384. The summed E-state index contributed by atoms with van der Waals surface area (Å²) in [6.07, 6.45) is 4.64. The van der Waals surface area contributed by atoms with Gasteiger partial charge in [-0.3, -0.25) is 4.79 Å². The number of hydrazone groups is 1. The standard InChI is InChI=1S/C15H20N2O/c1-11-7-3-5-9-13(11)15(18)17-16-14-10-6-4-8-12(14)2/h3,5,7,9,12H,4,6,8,10H2,1-2H3,(H,17,18)/b16-14-/t12-/m1/s1. The zero-order valence-electron chi connectivity index (χ0n) is 11.1. The van der Waals surface area contributed by atoms with Crippen molar-refractivity contribution in [3.05, 3.63) is 35.4 Å². The molecule has 1 amide bonds. The van der Waals surface area contributed by atoms with E-state index >= 15 is 0 Å². The zero-order chi connectivity index (χ0) is 13.0. The van der Waals surface area contributed by atoms with Gasteiger partial charge in [-0.15, -0.1) is 0 Å². The maximum atomic E-state index is 12.0. The average Bonchev–Trinajstić information content (AvgIpc) is 2.38. The number of amides is 1. The van der Waals surface area contributed by atoms with Crippen LogP contribution in [-0.2, 0) is 0 Å². The molecule has 1 atom stereocenters. The second kappa shape index (κ2) is 5.80. The van der Waals surface area contributed by atoms with Gasteiger partial charge in [0, 0.05) is 11.3 Å². The number of rotatable bonds is 2. The summed E-state index contributed by atoms with van der Waals surface area (Å²) in [4.78, 5) is 12.0. The summed E-state index contributed by atoms with van der Waals surface area (Å²) in [7, 11) is 0. The summed E-state index contributed by atoms with van der Waals surface area (Å²) in [6.45, 7) is 4.11. The second-order valence-corrected chi connectivity index (χ2v) is 5.01. The molecule has 1 saturated carbocycles. The van der Waals surface area contributed by atoms with Crippen LogP contribution in [0.2, 0.25) is 0 Å². The first-order chi connectivity index (χ1) is 8.68. The molecule has 1 aliphatic carbocycles. The number of aryl methyl sites for hydroxylation is 1. The highest BCUT2D eigenvalue weighted by Crippen LogP contribution is 2.20. The number of nitrogens with one attached hydrogen (secondary N) is 1. The largest absolute Gasteiger partial charge is 0.271 e. The summed E-state index contributed by atoms with van der Waals surface area (Å²) < 4.78 is 0. The lowest BCUT2D eigenvalue weighted by atomic mass is 9.89. The van der Waals surface area contributed by atoms with Crippen molar-refractivity contribution in [1.29, 1.82) is 0 Å². The van der Waals surface area contributed by atoms with Crippen molar-refractivity contribution < 1.29 is 4.79 Å². The zero-order valence-corrected chi connectivity index (χ0v) is 11.1. The molecule has 1 aromatic rings. The molecule has 0 heterocycles. The van der Waals surface area contributed by atoms with Crippen LogP contribution in [0.15, 0.2) is 29.4 Å². The van der Waals surface area contributed by atoms with Crippen LogP contribution in [-0.4, -0.2) is 11.6 Å². The van der Waals surface area contributed by atoms with Gasteiger partial charge in [0.2, 0.25) is 0 Å². The van der Waals surface area contributed by atoms with Gasteiger partial charge in [-0.2, -0.15) is 5.10 Å². The van der Waals surface area contributed by atoms with Gasteiger partial charge in [0.05, 0.1) is 0 Å². The Morgan fingerprint density at radius 3 is 2.83 bits per heavy atom. The van der Waals surface area contributed by atoms with Crippen molar-refractivity contribution in [2.75, 3.05) is 0 Å². The highest BCUT2D eigenvalue weighted by Gasteiger charge is 2.16. The molecule has 0 aromatic heterocycles. The second-order valence-electron chi connectivity index (χ2n) is 5.01. The summed E-state index contributed by atoms with van der Waals surface area (Å²) in [6, 6.07) is 7.57. The molecule has 18 heavy (non-hydrogen) atoms. The van der Waals surface area contributed by atoms with Gasteiger partial charge in [0.25, 0.3) is 5.91 Å². The molecule has 0 spiro atoms. The number of nitrogens with zero attached hydrogens (tertiary/aromatic N) is 1. The van der Waals surface area contributed by atoms with Crippen LogP contribution in [0.25, 0.3) is 0 Å². The fourth-order valence-corrected chi connectivity index (χ4v) is 2.35. The number of carbonyl (C=O) groups excluding carboxylic acids is 1. The minimum Gasteiger partial charge on any atom is -0.267 e. The fourth-order valence-electron chi connectivity index (χ4n) is 2.35. The molecule has 1 aromatic carbocycles. The predicted octanol–water partition coefficient (Wildman–Crippen LogP) is 3.29. The van der Waals surface area contributed by atoms with Gasteiger partial charge in [-0.25, -0.2) is 5.43 Å². The van der Waals surface area contributed by atoms with Crippen molar-refractivity contribution in [3.63, 3.8) is 0 Å². The number of hydrogen-bond acceptors (Lipinski definition) is 2. The van der Waals surface area contributed by atoms with Crippen molar-refractivity contribution in [2.45, 2.75) is 39.5 Å². The Kier molecular flexibility index (Phi) is 4.13. The molecule has 1 aliphatic rings. The molecule has 0 saturated heterocycles. The van der Waals surface area contributed by atoms with E-state index in [0.717, 1.165) is 17.7 Å².